The Morgan fingerprint density at radius 3 is 2.25 bits per heavy atom. The molecule has 0 radical (unpaired) electrons. The van der Waals surface area contributed by atoms with Crippen molar-refractivity contribution in [2.75, 3.05) is 0 Å². The van der Waals surface area contributed by atoms with Crippen molar-refractivity contribution < 1.29 is 0 Å². The highest BCUT2D eigenvalue weighted by atomic mass is 15.3. The van der Waals surface area contributed by atoms with Gasteiger partial charge in [-0.15, -0.1) is 0 Å². The van der Waals surface area contributed by atoms with Crippen LogP contribution in [-0.2, 0) is 6.42 Å². The van der Waals surface area contributed by atoms with Gasteiger partial charge in [-0.3, -0.25) is 4.68 Å². The number of nitrogens with zero attached hydrogens (tertiary/aromatic N) is 2. The lowest BCUT2D eigenvalue weighted by molar-refractivity contribution is 0.326. The normalized spacial score (nSPS) is 15.8. The Morgan fingerprint density at radius 2 is 1.88 bits per heavy atom. The summed E-state index contributed by atoms with van der Waals surface area (Å²) in [6, 6.07) is 2.77. The lowest BCUT2D eigenvalue weighted by atomic mass is 9.86. The van der Waals surface area contributed by atoms with E-state index in [4.69, 9.17) is 5.73 Å². The highest BCUT2D eigenvalue weighted by Crippen LogP contribution is 2.19. The molecule has 16 heavy (non-hydrogen) atoms. The maximum Gasteiger partial charge on any atom is 0.0628 e. The minimum Gasteiger partial charge on any atom is -0.328 e. The molecule has 3 nitrogen and oxygen atoms in total. The Morgan fingerprint density at radius 1 is 1.25 bits per heavy atom. The van der Waals surface area contributed by atoms with E-state index < -0.39 is 0 Å². The first-order valence-electron chi connectivity index (χ1n) is 6.21. The van der Waals surface area contributed by atoms with Crippen LogP contribution in [0, 0.1) is 11.8 Å². The summed E-state index contributed by atoms with van der Waals surface area (Å²) in [5.74, 6) is 1.11. The summed E-state index contributed by atoms with van der Waals surface area (Å²) < 4.78 is 2.01. The minimum atomic E-state index is 0.226. The van der Waals surface area contributed by atoms with Gasteiger partial charge in [0.2, 0.25) is 0 Å². The third kappa shape index (κ3) is 3.34. The summed E-state index contributed by atoms with van der Waals surface area (Å²) in [6.07, 6.45) is 3.04. The second-order valence-electron chi connectivity index (χ2n) is 5.35. The van der Waals surface area contributed by atoms with Gasteiger partial charge < -0.3 is 5.73 Å². The summed E-state index contributed by atoms with van der Waals surface area (Å²) in [6.45, 7) is 10.8. The maximum atomic E-state index is 6.02. The zero-order chi connectivity index (χ0) is 12.3. The molecule has 0 aliphatic rings. The molecule has 0 fully saturated rings. The van der Waals surface area contributed by atoms with Crippen molar-refractivity contribution in [3.63, 3.8) is 0 Å². The van der Waals surface area contributed by atoms with Crippen LogP contribution in [0.1, 0.15) is 46.4 Å². The molecule has 92 valence electrons. The molecular weight excluding hydrogens is 198 g/mol. The predicted molar refractivity (Wildman–Crippen MR) is 68.3 cm³/mol. The van der Waals surface area contributed by atoms with Gasteiger partial charge in [0.1, 0.15) is 0 Å². The first-order chi connectivity index (χ1) is 7.41. The number of hydrogen-bond donors (Lipinski definition) is 1. The molecule has 0 aromatic carbocycles. The van der Waals surface area contributed by atoms with Crippen LogP contribution in [0.15, 0.2) is 12.3 Å². The summed E-state index contributed by atoms with van der Waals surface area (Å²) >= 11 is 0. The molecular formula is C13H25N3. The largest absolute Gasteiger partial charge is 0.328 e. The van der Waals surface area contributed by atoms with Crippen LogP contribution < -0.4 is 5.73 Å². The number of aromatic nitrogens is 2. The Kier molecular flexibility index (Phi) is 4.54. The van der Waals surface area contributed by atoms with Gasteiger partial charge in [-0.05, 0) is 45.1 Å². The molecule has 0 amide bonds. The van der Waals surface area contributed by atoms with Crippen LogP contribution in [0.25, 0.3) is 0 Å². The van der Waals surface area contributed by atoms with Gasteiger partial charge in [0.05, 0.1) is 5.69 Å². The van der Waals surface area contributed by atoms with E-state index in [0.717, 1.165) is 12.1 Å². The molecule has 2 atom stereocenters. The van der Waals surface area contributed by atoms with Crippen LogP contribution >= 0.6 is 0 Å². The van der Waals surface area contributed by atoms with Crippen molar-refractivity contribution in [2.24, 2.45) is 17.6 Å². The topological polar surface area (TPSA) is 43.8 Å². The maximum absolute atomic E-state index is 6.02. The molecule has 1 rings (SSSR count). The van der Waals surface area contributed by atoms with Crippen LogP contribution in [0.2, 0.25) is 0 Å². The first-order valence-corrected chi connectivity index (χ1v) is 6.21. The smallest absolute Gasteiger partial charge is 0.0628 e. The lowest BCUT2D eigenvalue weighted by Gasteiger charge is -2.23. The van der Waals surface area contributed by atoms with Crippen molar-refractivity contribution in [3.05, 3.63) is 18.0 Å². The highest BCUT2D eigenvalue weighted by Gasteiger charge is 2.19. The lowest BCUT2D eigenvalue weighted by Crippen LogP contribution is -2.32. The molecule has 0 saturated carbocycles. The van der Waals surface area contributed by atoms with Crippen LogP contribution in [-0.4, -0.2) is 15.8 Å². The monoisotopic (exact) mass is 223 g/mol. The molecule has 1 aromatic heterocycles. The van der Waals surface area contributed by atoms with Crippen molar-refractivity contribution in [3.8, 4) is 0 Å². The van der Waals surface area contributed by atoms with Crippen molar-refractivity contribution >= 4 is 0 Å². The summed E-state index contributed by atoms with van der Waals surface area (Å²) in [7, 11) is 0. The average Bonchev–Trinajstić information content (AvgIpc) is 2.61. The van der Waals surface area contributed by atoms with Gasteiger partial charge in [-0.25, -0.2) is 0 Å². The Balaban J connectivity index is 2.70. The fourth-order valence-electron chi connectivity index (χ4n) is 2.04. The summed E-state index contributed by atoms with van der Waals surface area (Å²) in [5.41, 5.74) is 7.17. The number of rotatable bonds is 5. The molecule has 0 saturated heterocycles. The van der Waals surface area contributed by atoms with Gasteiger partial charge in [-0.1, -0.05) is 13.8 Å². The zero-order valence-electron chi connectivity index (χ0n) is 11.1. The molecule has 0 aliphatic carbocycles. The predicted octanol–water partition coefficient (Wildman–Crippen LogP) is 2.63. The van der Waals surface area contributed by atoms with E-state index in [0.29, 0.717) is 17.9 Å². The Bertz CT molecular complexity index is 305. The van der Waals surface area contributed by atoms with E-state index in [2.05, 4.69) is 52.0 Å². The SMILES string of the molecule is CC(C)C(Cc1ccn(C(C)C)n1)C(C)N. The Labute approximate surface area is 99.0 Å². The van der Waals surface area contributed by atoms with E-state index in [1.54, 1.807) is 0 Å². The minimum absolute atomic E-state index is 0.226. The fourth-order valence-corrected chi connectivity index (χ4v) is 2.04. The molecule has 1 heterocycles. The van der Waals surface area contributed by atoms with E-state index in [9.17, 15) is 0 Å². The van der Waals surface area contributed by atoms with Crippen molar-refractivity contribution in [1.82, 2.24) is 9.78 Å². The second-order valence-corrected chi connectivity index (χ2v) is 5.35. The van der Waals surface area contributed by atoms with Crippen LogP contribution in [0.4, 0.5) is 0 Å². The van der Waals surface area contributed by atoms with Gasteiger partial charge in [-0.2, -0.15) is 5.10 Å². The van der Waals surface area contributed by atoms with E-state index in [1.807, 2.05) is 4.68 Å². The fraction of sp³-hybridized carbons (Fsp3) is 0.769. The Hall–Kier alpha value is -0.830. The molecule has 2 N–H and O–H groups in total. The van der Waals surface area contributed by atoms with Crippen LogP contribution in [0.5, 0.6) is 0 Å². The van der Waals surface area contributed by atoms with E-state index >= 15 is 0 Å². The molecule has 3 heteroatoms. The van der Waals surface area contributed by atoms with Crippen molar-refractivity contribution in [1.29, 1.82) is 0 Å². The third-order valence-corrected chi connectivity index (χ3v) is 3.17. The average molecular weight is 223 g/mol. The highest BCUT2D eigenvalue weighted by molar-refractivity contribution is 5.02. The molecule has 0 bridgehead atoms. The van der Waals surface area contributed by atoms with Gasteiger partial charge >= 0.3 is 0 Å². The molecule has 0 aliphatic heterocycles. The standard InChI is InChI=1S/C13H25N3/c1-9(2)13(11(5)14)8-12-6-7-16(15-12)10(3)4/h6-7,9-11,13H,8,14H2,1-5H3. The molecule has 0 spiro atoms. The third-order valence-electron chi connectivity index (χ3n) is 3.17. The summed E-state index contributed by atoms with van der Waals surface area (Å²) in [4.78, 5) is 0. The molecule has 2 unspecified atom stereocenters. The second kappa shape index (κ2) is 5.48. The van der Waals surface area contributed by atoms with Gasteiger partial charge in [0.25, 0.3) is 0 Å². The van der Waals surface area contributed by atoms with E-state index in [1.165, 1.54) is 0 Å². The van der Waals surface area contributed by atoms with E-state index in [-0.39, 0.29) is 6.04 Å². The van der Waals surface area contributed by atoms with Crippen molar-refractivity contribution in [2.45, 2.75) is 53.1 Å². The summed E-state index contributed by atoms with van der Waals surface area (Å²) in [5, 5.41) is 4.58. The number of nitrogens with two attached hydrogens (primary N) is 1. The van der Waals surface area contributed by atoms with Gasteiger partial charge in [0.15, 0.2) is 0 Å². The quantitative estimate of drug-likeness (QED) is 0.834. The van der Waals surface area contributed by atoms with Gasteiger partial charge in [0, 0.05) is 18.3 Å². The number of hydrogen-bond acceptors (Lipinski definition) is 2. The van der Waals surface area contributed by atoms with Crippen LogP contribution in [0.3, 0.4) is 0 Å². The molecule has 1 aromatic rings. The zero-order valence-corrected chi connectivity index (χ0v) is 11.1. The first kappa shape index (κ1) is 13.2.